The van der Waals surface area contributed by atoms with E-state index < -0.39 is 4.92 Å². The topological polar surface area (TPSA) is 84.3 Å². The smallest absolute Gasteiger partial charge is 0.292 e. The lowest BCUT2D eigenvalue weighted by Gasteiger charge is -2.06. The number of nitrogens with zero attached hydrogens (tertiary/aromatic N) is 1. The van der Waals surface area contributed by atoms with Crippen molar-refractivity contribution in [3.05, 3.63) is 33.9 Å². The van der Waals surface area contributed by atoms with Crippen molar-refractivity contribution in [1.29, 1.82) is 0 Å². The Morgan fingerprint density at radius 3 is 2.76 bits per heavy atom. The number of aryl methyl sites for hydroxylation is 1. The van der Waals surface area contributed by atoms with E-state index in [0.29, 0.717) is 6.54 Å². The highest BCUT2D eigenvalue weighted by Gasteiger charge is 2.15. The molecule has 0 radical (unpaired) electrons. The summed E-state index contributed by atoms with van der Waals surface area (Å²) in [6.45, 7) is 2.35. The Morgan fingerprint density at radius 1 is 1.47 bits per heavy atom. The summed E-state index contributed by atoms with van der Waals surface area (Å²) in [4.78, 5) is 21.7. The number of benzene rings is 1. The lowest BCUT2D eigenvalue weighted by atomic mass is 10.2. The molecule has 0 aromatic heterocycles. The molecule has 1 amide bonds. The molecule has 1 aromatic carbocycles. The molecule has 0 unspecified atom stereocenters. The second-order valence-corrected chi connectivity index (χ2v) is 3.68. The van der Waals surface area contributed by atoms with E-state index in [9.17, 15) is 14.9 Å². The van der Waals surface area contributed by atoms with Gasteiger partial charge in [-0.05, 0) is 25.6 Å². The summed E-state index contributed by atoms with van der Waals surface area (Å²) in [5.41, 5.74) is 1.02. The average Bonchev–Trinajstić information content (AvgIpc) is 2.26. The van der Waals surface area contributed by atoms with Gasteiger partial charge in [0.25, 0.3) is 5.69 Å². The molecular formula is C11H15N3O3. The Labute approximate surface area is 99.2 Å². The zero-order valence-corrected chi connectivity index (χ0v) is 9.82. The highest BCUT2D eigenvalue weighted by atomic mass is 16.6. The molecule has 6 nitrogen and oxygen atoms in total. The van der Waals surface area contributed by atoms with Crippen molar-refractivity contribution in [2.75, 3.05) is 18.9 Å². The first-order valence-electron chi connectivity index (χ1n) is 5.24. The van der Waals surface area contributed by atoms with Gasteiger partial charge in [-0.25, -0.2) is 0 Å². The van der Waals surface area contributed by atoms with E-state index in [1.165, 1.54) is 6.07 Å². The van der Waals surface area contributed by atoms with Gasteiger partial charge in [-0.1, -0.05) is 6.07 Å². The fourth-order valence-corrected chi connectivity index (χ4v) is 1.36. The highest BCUT2D eigenvalue weighted by molar-refractivity contribution is 5.93. The van der Waals surface area contributed by atoms with E-state index in [0.717, 1.165) is 5.56 Å². The zero-order chi connectivity index (χ0) is 12.8. The first kappa shape index (κ1) is 13.1. The van der Waals surface area contributed by atoms with Crippen LogP contribution >= 0.6 is 0 Å². The largest absolute Gasteiger partial charge is 0.320 e. The lowest BCUT2D eigenvalue weighted by molar-refractivity contribution is -0.383. The van der Waals surface area contributed by atoms with Crippen LogP contribution in [0.2, 0.25) is 0 Å². The third kappa shape index (κ3) is 3.84. The molecule has 1 rings (SSSR count). The van der Waals surface area contributed by atoms with E-state index in [1.54, 1.807) is 19.2 Å². The number of hydrogen-bond donors (Lipinski definition) is 2. The molecule has 0 fully saturated rings. The third-order valence-corrected chi connectivity index (χ3v) is 2.22. The van der Waals surface area contributed by atoms with Crippen molar-refractivity contribution in [1.82, 2.24) is 5.32 Å². The zero-order valence-electron chi connectivity index (χ0n) is 9.82. The fourth-order valence-electron chi connectivity index (χ4n) is 1.36. The summed E-state index contributed by atoms with van der Waals surface area (Å²) in [6.07, 6.45) is 0.279. The Balaban J connectivity index is 2.85. The quantitative estimate of drug-likeness (QED) is 0.599. The van der Waals surface area contributed by atoms with Gasteiger partial charge in [-0.2, -0.15) is 0 Å². The van der Waals surface area contributed by atoms with Crippen LogP contribution in [-0.2, 0) is 4.79 Å². The van der Waals surface area contributed by atoms with Gasteiger partial charge in [0.15, 0.2) is 0 Å². The van der Waals surface area contributed by atoms with Crippen LogP contribution in [0.4, 0.5) is 11.4 Å². The van der Waals surface area contributed by atoms with Gasteiger partial charge in [0.1, 0.15) is 5.69 Å². The van der Waals surface area contributed by atoms with Crippen molar-refractivity contribution < 1.29 is 9.72 Å². The Morgan fingerprint density at radius 2 is 2.18 bits per heavy atom. The van der Waals surface area contributed by atoms with Gasteiger partial charge >= 0.3 is 0 Å². The van der Waals surface area contributed by atoms with Crippen LogP contribution in [0.15, 0.2) is 18.2 Å². The van der Waals surface area contributed by atoms with Gasteiger partial charge in [0.2, 0.25) is 5.91 Å². The van der Waals surface area contributed by atoms with Gasteiger partial charge in [-0.15, -0.1) is 0 Å². The van der Waals surface area contributed by atoms with Crippen LogP contribution < -0.4 is 10.6 Å². The van der Waals surface area contributed by atoms with E-state index in [2.05, 4.69) is 10.6 Å². The average molecular weight is 237 g/mol. The molecule has 0 aliphatic heterocycles. The number of nitro benzene ring substituents is 1. The van der Waals surface area contributed by atoms with Crippen LogP contribution in [0, 0.1) is 17.0 Å². The maximum atomic E-state index is 11.5. The SMILES string of the molecule is CNCCC(=O)Nc1cc(C)ccc1[N+](=O)[O-]. The molecule has 0 spiro atoms. The van der Waals surface area contributed by atoms with Crippen molar-refractivity contribution in [2.24, 2.45) is 0 Å². The summed E-state index contributed by atoms with van der Waals surface area (Å²) < 4.78 is 0. The van der Waals surface area contributed by atoms with Crippen LogP contribution in [0.25, 0.3) is 0 Å². The molecule has 6 heteroatoms. The normalized spacial score (nSPS) is 10.0. The molecule has 92 valence electrons. The third-order valence-electron chi connectivity index (χ3n) is 2.22. The van der Waals surface area contributed by atoms with E-state index in [-0.39, 0.29) is 23.7 Å². The van der Waals surface area contributed by atoms with Crippen molar-refractivity contribution in [3.63, 3.8) is 0 Å². The lowest BCUT2D eigenvalue weighted by Crippen LogP contribution is -2.19. The van der Waals surface area contributed by atoms with E-state index in [1.807, 2.05) is 6.92 Å². The van der Waals surface area contributed by atoms with Gasteiger partial charge in [-0.3, -0.25) is 14.9 Å². The molecule has 0 saturated heterocycles. The number of hydrogen-bond acceptors (Lipinski definition) is 4. The Bertz CT molecular complexity index is 432. The number of nitro groups is 1. The summed E-state index contributed by atoms with van der Waals surface area (Å²) in [5, 5.41) is 16.2. The minimum Gasteiger partial charge on any atom is -0.320 e. The first-order valence-corrected chi connectivity index (χ1v) is 5.24. The molecule has 0 aliphatic rings. The predicted molar refractivity (Wildman–Crippen MR) is 65.0 cm³/mol. The summed E-state index contributed by atoms with van der Waals surface area (Å²) >= 11 is 0. The molecule has 17 heavy (non-hydrogen) atoms. The molecule has 0 atom stereocenters. The van der Waals surface area contributed by atoms with Gasteiger partial charge in [0, 0.05) is 19.0 Å². The summed E-state index contributed by atoms with van der Waals surface area (Å²) in [6, 6.07) is 4.62. The predicted octanol–water partition coefficient (Wildman–Crippen LogP) is 1.45. The number of anilines is 1. The molecular weight excluding hydrogens is 222 g/mol. The van der Waals surface area contributed by atoms with E-state index in [4.69, 9.17) is 0 Å². The van der Waals surface area contributed by atoms with Crippen molar-refractivity contribution in [2.45, 2.75) is 13.3 Å². The van der Waals surface area contributed by atoms with Crippen LogP contribution in [0.1, 0.15) is 12.0 Å². The van der Waals surface area contributed by atoms with Crippen LogP contribution in [0.5, 0.6) is 0 Å². The Hall–Kier alpha value is -1.95. The molecule has 0 heterocycles. The van der Waals surface area contributed by atoms with Crippen LogP contribution in [0.3, 0.4) is 0 Å². The molecule has 2 N–H and O–H groups in total. The van der Waals surface area contributed by atoms with Crippen molar-refractivity contribution in [3.8, 4) is 0 Å². The summed E-state index contributed by atoms with van der Waals surface area (Å²) in [5.74, 6) is -0.243. The number of nitrogens with one attached hydrogen (secondary N) is 2. The first-order chi connectivity index (χ1) is 8.04. The number of carbonyl (C=O) groups is 1. The standard InChI is InChI=1S/C11H15N3O3/c1-8-3-4-10(14(16)17)9(7-8)13-11(15)5-6-12-2/h3-4,7,12H,5-6H2,1-2H3,(H,13,15). The summed E-state index contributed by atoms with van der Waals surface area (Å²) in [7, 11) is 1.74. The van der Waals surface area contributed by atoms with Gasteiger partial charge < -0.3 is 10.6 Å². The van der Waals surface area contributed by atoms with Crippen molar-refractivity contribution >= 4 is 17.3 Å². The molecule has 0 aliphatic carbocycles. The monoisotopic (exact) mass is 237 g/mol. The molecule has 0 bridgehead atoms. The minimum absolute atomic E-state index is 0.0894. The maximum absolute atomic E-state index is 11.5. The second-order valence-electron chi connectivity index (χ2n) is 3.68. The van der Waals surface area contributed by atoms with E-state index >= 15 is 0 Å². The molecule has 1 aromatic rings. The number of carbonyl (C=O) groups excluding carboxylic acids is 1. The highest BCUT2D eigenvalue weighted by Crippen LogP contribution is 2.25. The molecule has 0 saturated carbocycles. The second kappa shape index (κ2) is 5.95. The number of amides is 1. The Kier molecular flexibility index (Phi) is 4.59. The fraction of sp³-hybridized carbons (Fsp3) is 0.364. The number of rotatable bonds is 5. The van der Waals surface area contributed by atoms with Gasteiger partial charge in [0.05, 0.1) is 4.92 Å². The van der Waals surface area contributed by atoms with Crippen LogP contribution in [-0.4, -0.2) is 24.4 Å². The maximum Gasteiger partial charge on any atom is 0.292 e. The minimum atomic E-state index is -0.507.